The Labute approximate surface area is 230 Å². The summed E-state index contributed by atoms with van der Waals surface area (Å²) in [7, 11) is 0. The first kappa shape index (κ1) is 30.5. The summed E-state index contributed by atoms with van der Waals surface area (Å²) in [5.41, 5.74) is 7.23. The number of carbonyl (C=O) groups excluding carboxylic acids is 1. The average Bonchev–Trinajstić information content (AvgIpc) is 2.92. The maximum Gasteiger partial charge on any atom is 0.490 e. The number of guanidine groups is 1. The molecule has 3 aromatic rings. The zero-order valence-corrected chi connectivity index (χ0v) is 21.5. The van der Waals surface area contributed by atoms with Gasteiger partial charge in [0.15, 0.2) is 5.96 Å². The molecule has 0 spiro atoms. The Morgan fingerprint density at radius 1 is 1.00 bits per heavy atom. The van der Waals surface area contributed by atoms with Crippen LogP contribution in [0.5, 0.6) is 0 Å². The summed E-state index contributed by atoms with van der Waals surface area (Å²) in [6.07, 6.45) is -3.75. The van der Waals surface area contributed by atoms with Crippen LogP contribution in [0.2, 0.25) is 0 Å². The molecule has 1 unspecified atom stereocenters. The summed E-state index contributed by atoms with van der Waals surface area (Å²) in [6.45, 7) is 2.69. The second kappa shape index (κ2) is 12.8. The molecule has 1 saturated heterocycles. The lowest BCUT2D eigenvalue weighted by molar-refractivity contribution is -0.192. The number of amides is 1. The van der Waals surface area contributed by atoms with Gasteiger partial charge in [0, 0.05) is 38.1 Å². The summed E-state index contributed by atoms with van der Waals surface area (Å²) in [4.78, 5) is 50.1. The van der Waals surface area contributed by atoms with E-state index in [4.69, 9.17) is 21.0 Å². The largest absolute Gasteiger partial charge is 0.490 e. The van der Waals surface area contributed by atoms with E-state index in [0.717, 1.165) is 5.69 Å². The van der Waals surface area contributed by atoms with Crippen LogP contribution in [0.4, 0.5) is 18.9 Å². The molecule has 6 N–H and O–H groups in total. The molecule has 0 radical (unpaired) electrons. The molecule has 0 saturated carbocycles. The first-order chi connectivity index (χ1) is 19.3. The van der Waals surface area contributed by atoms with Crippen molar-refractivity contribution in [2.24, 2.45) is 5.73 Å². The van der Waals surface area contributed by atoms with Crippen molar-refractivity contribution in [2.75, 3.05) is 31.1 Å². The lowest BCUT2D eigenvalue weighted by Crippen LogP contribution is -2.50. The molecule has 1 amide bonds. The number of nitrogens with one attached hydrogen (secondary N) is 2. The molecule has 1 fully saturated rings. The van der Waals surface area contributed by atoms with Crippen molar-refractivity contribution in [3.05, 3.63) is 82.3 Å². The summed E-state index contributed by atoms with van der Waals surface area (Å²) < 4.78 is 33.1. The van der Waals surface area contributed by atoms with Gasteiger partial charge in [-0.05, 0) is 29.8 Å². The van der Waals surface area contributed by atoms with Crippen molar-refractivity contribution >= 4 is 35.0 Å². The van der Waals surface area contributed by atoms with Gasteiger partial charge in [-0.25, -0.2) is 4.79 Å². The number of piperazine rings is 1. The van der Waals surface area contributed by atoms with Crippen LogP contribution in [0.3, 0.4) is 0 Å². The standard InChI is InChI=1S/C24H26N6O4.C2HF3O2/c25-24(26)29-12-10-28(11-13-29)17-8-9-30-18(14-17)6-7-19(23(30)34)22(33)27-20(15-21(31)32)16-4-2-1-3-5-16;3-2(4,5)1(6)7/h1-9,14,20H,10-13,15H2,(H3,25,26)(H,27,33)(H,31,32);(H,6,7). The van der Waals surface area contributed by atoms with E-state index in [1.54, 1.807) is 47.5 Å². The maximum atomic E-state index is 13.0. The lowest BCUT2D eigenvalue weighted by atomic mass is 10.0. The third-order valence-corrected chi connectivity index (χ3v) is 6.20. The van der Waals surface area contributed by atoms with Crippen molar-refractivity contribution in [3.63, 3.8) is 0 Å². The van der Waals surface area contributed by atoms with E-state index in [0.29, 0.717) is 37.3 Å². The quantitative estimate of drug-likeness (QED) is 0.216. The van der Waals surface area contributed by atoms with Crippen molar-refractivity contribution in [1.29, 1.82) is 5.41 Å². The van der Waals surface area contributed by atoms with Crippen LogP contribution in [0.15, 0.2) is 65.6 Å². The van der Waals surface area contributed by atoms with Gasteiger partial charge >= 0.3 is 18.1 Å². The molecule has 1 atom stereocenters. The molecule has 1 aromatic carbocycles. The number of nitrogens with zero attached hydrogens (tertiary/aromatic N) is 3. The van der Waals surface area contributed by atoms with Crippen LogP contribution in [0.25, 0.3) is 5.52 Å². The molecule has 1 aliphatic heterocycles. The second-order valence-electron chi connectivity index (χ2n) is 8.93. The number of rotatable bonds is 6. The van der Waals surface area contributed by atoms with E-state index in [1.807, 2.05) is 12.1 Å². The minimum Gasteiger partial charge on any atom is -0.481 e. The number of carbonyl (C=O) groups is 3. The Bertz CT molecular complexity index is 1490. The number of benzene rings is 1. The zero-order chi connectivity index (χ0) is 30.3. The third kappa shape index (κ3) is 7.97. The molecule has 12 nitrogen and oxygen atoms in total. The number of nitrogens with two attached hydrogens (primary N) is 1. The number of anilines is 1. The topological polar surface area (TPSA) is 182 Å². The number of hydrogen-bond donors (Lipinski definition) is 5. The minimum atomic E-state index is -5.08. The fourth-order valence-electron chi connectivity index (χ4n) is 4.11. The number of carboxylic acid groups (broad SMARTS) is 2. The smallest absolute Gasteiger partial charge is 0.481 e. The molecule has 0 aliphatic carbocycles. The Morgan fingerprint density at radius 2 is 1.61 bits per heavy atom. The number of hydrogen-bond acceptors (Lipinski definition) is 6. The molecule has 41 heavy (non-hydrogen) atoms. The first-order valence-corrected chi connectivity index (χ1v) is 12.1. The summed E-state index contributed by atoms with van der Waals surface area (Å²) in [5.74, 6) is -4.37. The number of halogens is 3. The molecule has 15 heteroatoms. The summed E-state index contributed by atoms with van der Waals surface area (Å²) >= 11 is 0. The van der Waals surface area contributed by atoms with E-state index in [1.165, 1.54) is 10.5 Å². The van der Waals surface area contributed by atoms with Gasteiger partial charge < -0.3 is 31.1 Å². The van der Waals surface area contributed by atoms with E-state index in [-0.39, 0.29) is 17.9 Å². The third-order valence-electron chi connectivity index (χ3n) is 6.20. The maximum absolute atomic E-state index is 13.0. The highest BCUT2D eigenvalue weighted by Crippen LogP contribution is 2.20. The zero-order valence-electron chi connectivity index (χ0n) is 21.5. The number of carboxylic acids is 2. The van der Waals surface area contributed by atoms with Crippen molar-refractivity contribution in [2.45, 2.75) is 18.6 Å². The van der Waals surface area contributed by atoms with Crippen molar-refractivity contribution in [1.82, 2.24) is 14.6 Å². The Hall–Kier alpha value is -5.08. The van der Waals surface area contributed by atoms with Crippen molar-refractivity contribution in [3.8, 4) is 0 Å². The van der Waals surface area contributed by atoms with Crippen LogP contribution < -0.4 is 21.5 Å². The van der Waals surface area contributed by atoms with Crippen LogP contribution in [-0.2, 0) is 9.59 Å². The van der Waals surface area contributed by atoms with Gasteiger partial charge in [-0.2, -0.15) is 13.2 Å². The molecule has 0 bridgehead atoms. The van der Waals surface area contributed by atoms with Crippen LogP contribution in [0, 0.1) is 5.41 Å². The van der Waals surface area contributed by atoms with Gasteiger partial charge in [0.25, 0.3) is 11.5 Å². The number of aromatic nitrogens is 1. The van der Waals surface area contributed by atoms with Gasteiger partial charge in [0.05, 0.1) is 18.0 Å². The monoisotopic (exact) mass is 576 g/mol. The molecule has 2 aromatic heterocycles. The molecule has 1 aliphatic rings. The predicted octanol–water partition coefficient (Wildman–Crippen LogP) is 1.89. The molecule has 4 rings (SSSR count). The van der Waals surface area contributed by atoms with Crippen LogP contribution >= 0.6 is 0 Å². The Balaban J connectivity index is 0.000000587. The second-order valence-corrected chi connectivity index (χ2v) is 8.93. The van der Waals surface area contributed by atoms with Crippen LogP contribution in [0.1, 0.15) is 28.4 Å². The highest BCUT2D eigenvalue weighted by atomic mass is 19.4. The van der Waals surface area contributed by atoms with E-state index < -0.39 is 35.6 Å². The SMILES string of the molecule is N=C(N)N1CCN(c2ccn3c(=O)c(C(=O)NC(CC(=O)O)c4ccccc4)ccc3c2)CC1.O=C(O)C(F)(F)F. The molecule has 218 valence electrons. The average molecular weight is 577 g/mol. The van der Waals surface area contributed by atoms with Gasteiger partial charge in [0.1, 0.15) is 5.56 Å². The number of alkyl halides is 3. The van der Waals surface area contributed by atoms with Gasteiger partial charge in [-0.3, -0.25) is 24.2 Å². The number of fused-ring (bicyclic) bond motifs is 1. The summed E-state index contributed by atoms with van der Waals surface area (Å²) in [5, 5.41) is 26.6. The predicted molar refractivity (Wildman–Crippen MR) is 142 cm³/mol. The number of pyridine rings is 2. The van der Waals surface area contributed by atoms with E-state index >= 15 is 0 Å². The van der Waals surface area contributed by atoms with Gasteiger partial charge in [0.2, 0.25) is 0 Å². The fourth-order valence-corrected chi connectivity index (χ4v) is 4.11. The fraction of sp³-hybridized carbons (Fsp3) is 0.269. The Kier molecular flexibility index (Phi) is 9.55. The van der Waals surface area contributed by atoms with E-state index in [2.05, 4.69) is 10.2 Å². The van der Waals surface area contributed by atoms with Gasteiger partial charge in [-0.1, -0.05) is 30.3 Å². The minimum absolute atomic E-state index is 0.0633. The molecular weight excluding hydrogens is 549 g/mol. The highest BCUT2D eigenvalue weighted by molar-refractivity contribution is 5.94. The normalized spacial score (nSPS) is 14.0. The molecule has 3 heterocycles. The van der Waals surface area contributed by atoms with E-state index in [9.17, 15) is 32.7 Å². The Morgan fingerprint density at radius 3 is 2.15 bits per heavy atom. The van der Waals surface area contributed by atoms with Gasteiger partial charge in [-0.15, -0.1) is 0 Å². The first-order valence-electron chi connectivity index (χ1n) is 12.1. The van der Waals surface area contributed by atoms with Crippen molar-refractivity contribution < 1.29 is 37.8 Å². The number of aliphatic carboxylic acids is 2. The highest BCUT2D eigenvalue weighted by Gasteiger charge is 2.38. The summed E-state index contributed by atoms with van der Waals surface area (Å²) in [6, 6.07) is 14.9. The molecular formula is C26H27F3N6O6. The van der Waals surface area contributed by atoms with Crippen LogP contribution in [-0.4, -0.2) is 75.7 Å². The lowest BCUT2D eigenvalue weighted by Gasteiger charge is -2.36.